The van der Waals surface area contributed by atoms with Gasteiger partial charge in [-0.05, 0) is 24.4 Å². The van der Waals surface area contributed by atoms with Crippen LogP contribution in [0.15, 0.2) is 24.7 Å². The number of carbonyl (C=O) groups excluding carboxylic acids is 1. The summed E-state index contributed by atoms with van der Waals surface area (Å²) >= 11 is 0. The second-order valence-electron chi connectivity index (χ2n) is 7.45. The molecule has 0 radical (unpaired) electrons. The number of imidazole rings is 1. The minimum absolute atomic E-state index is 0.119. The van der Waals surface area contributed by atoms with Gasteiger partial charge in [-0.3, -0.25) is 4.79 Å². The second kappa shape index (κ2) is 7.12. The molecule has 1 atom stereocenters. The van der Waals surface area contributed by atoms with Crippen LogP contribution < -0.4 is 15.1 Å². The standard InChI is InChI=1S/C17H20B2N4O6/c18-17(20,12-5-21-8-22-12)16(26)23-6-10(7-23)28-11-2-1-9-3-4-19(27)29-14(9)13(11)15(24)25/h1-2,5,8,10,27H,3-4,6-7,18,20H2,(H,21,22)(H,24,25). The zero-order chi connectivity index (χ0) is 20.8. The van der Waals surface area contributed by atoms with Gasteiger partial charge in [0.05, 0.1) is 25.1 Å². The highest BCUT2D eigenvalue weighted by molar-refractivity contribution is 6.44. The van der Waals surface area contributed by atoms with Crippen molar-refractivity contribution in [2.45, 2.75) is 24.3 Å². The molecule has 2 aliphatic rings. The zero-order valence-corrected chi connectivity index (χ0v) is 15.8. The van der Waals surface area contributed by atoms with E-state index in [9.17, 15) is 19.7 Å². The van der Waals surface area contributed by atoms with Crippen LogP contribution in [0.4, 0.5) is 0 Å². The number of hydrogen-bond donors (Lipinski definition) is 4. The molecule has 2 aromatic rings. The number of likely N-dealkylation sites (tertiary alicyclic amines) is 1. The van der Waals surface area contributed by atoms with Crippen molar-refractivity contribution in [3.63, 3.8) is 0 Å². The van der Waals surface area contributed by atoms with Crippen molar-refractivity contribution in [2.24, 2.45) is 5.73 Å². The van der Waals surface area contributed by atoms with E-state index in [1.54, 1.807) is 31.1 Å². The summed E-state index contributed by atoms with van der Waals surface area (Å²) in [7, 11) is 0.547. The molecule has 1 aromatic carbocycles. The van der Waals surface area contributed by atoms with Crippen molar-refractivity contribution in [2.75, 3.05) is 13.1 Å². The van der Waals surface area contributed by atoms with Crippen LogP contribution in [0.1, 0.15) is 21.6 Å². The number of nitrogens with two attached hydrogens (primary N) is 1. The number of carboxylic acids is 1. The Balaban J connectivity index is 1.46. The molecule has 0 bridgehead atoms. The third-order valence-corrected chi connectivity index (χ3v) is 5.23. The van der Waals surface area contributed by atoms with E-state index < -0.39 is 18.5 Å². The van der Waals surface area contributed by atoms with Crippen molar-refractivity contribution in [1.29, 1.82) is 0 Å². The third kappa shape index (κ3) is 3.45. The van der Waals surface area contributed by atoms with Crippen LogP contribution in [-0.2, 0) is 16.7 Å². The summed E-state index contributed by atoms with van der Waals surface area (Å²) in [4.78, 5) is 32.9. The van der Waals surface area contributed by atoms with Crippen LogP contribution in [0.3, 0.4) is 0 Å². The number of hydrogen-bond acceptors (Lipinski definition) is 7. The fourth-order valence-electron chi connectivity index (χ4n) is 3.55. The van der Waals surface area contributed by atoms with Crippen LogP contribution in [-0.4, -0.2) is 71.0 Å². The summed E-state index contributed by atoms with van der Waals surface area (Å²) in [5.74, 6) is -1.22. The average Bonchev–Trinajstić information content (AvgIpc) is 3.18. The van der Waals surface area contributed by atoms with Gasteiger partial charge in [0.1, 0.15) is 36.5 Å². The molecule has 5 N–H and O–H groups in total. The van der Waals surface area contributed by atoms with E-state index in [1.165, 1.54) is 6.33 Å². The van der Waals surface area contributed by atoms with Gasteiger partial charge in [-0.15, -0.1) is 0 Å². The van der Waals surface area contributed by atoms with Gasteiger partial charge in [-0.25, -0.2) is 9.78 Å². The highest BCUT2D eigenvalue weighted by atomic mass is 16.5. The van der Waals surface area contributed by atoms with Gasteiger partial charge >= 0.3 is 13.1 Å². The van der Waals surface area contributed by atoms with Crippen LogP contribution in [0.2, 0.25) is 6.32 Å². The number of benzene rings is 1. The van der Waals surface area contributed by atoms with Crippen molar-refractivity contribution in [1.82, 2.24) is 14.9 Å². The predicted molar refractivity (Wildman–Crippen MR) is 105 cm³/mol. The van der Waals surface area contributed by atoms with E-state index >= 15 is 0 Å². The molecule has 0 aliphatic carbocycles. The van der Waals surface area contributed by atoms with E-state index in [4.69, 9.17) is 15.1 Å². The summed E-state index contributed by atoms with van der Waals surface area (Å²) < 4.78 is 11.2. The topological polar surface area (TPSA) is 151 Å². The van der Waals surface area contributed by atoms with Gasteiger partial charge in [0.15, 0.2) is 0 Å². The van der Waals surface area contributed by atoms with E-state index in [1.807, 2.05) is 0 Å². The van der Waals surface area contributed by atoms with E-state index in [0.717, 1.165) is 0 Å². The molecule has 1 fully saturated rings. The van der Waals surface area contributed by atoms with Gasteiger partial charge < -0.3 is 35.1 Å². The number of aromatic carboxylic acids is 1. The molecule has 1 amide bonds. The number of amides is 1. The molecule has 10 nitrogen and oxygen atoms in total. The van der Waals surface area contributed by atoms with Crippen LogP contribution in [0, 0.1) is 0 Å². The maximum atomic E-state index is 12.7. The first-order valence-corrected chi connectivity index (χ1v) is 9.25. The molecule has 12 heteroatoms. The number of ether oxygens (including phenoxy) is 1. The van der Waals surface area contributed by atoms with E-state index in [-0.39, 0.29) is 42.2 Å². The Morgan fingerprint density at radius 2 is 2.21 bits per heavy atom. The maximum Gasteiger partial charge on any atom is 0.522 e. The SMILES string of the molecule is BC(N)(C(=O)N1CC(Oc2ccc3c(c2C(=O)O)OB(O)CC3)C1)c1c[nH]cn1. The summed E-state index contributed by atoms with van der Waals surface area (Å²) in [6.07, 6.45) is 3.58. The average molecular weight is 398 g/mol. The number of carbonyl (C=O) groups is 2. The van der Waals surface area contributed by atoms with Crippen molar-refractivity contribution < 1.29 is 29.1 Å². The predicted octanol–water partition coefficient (Wildman–Crippen LogP) is -1.44. The molecule has 1 unspecified atom stereocenters. The Bertz CT molecular complexity index is 946. The first kappa shape index (κ1) is 19.3. The zero-order valence-electron chi connectivity index (χ0n) is 15.8. The molecule has 3 heterocycles. The fourth-order valence-corrected chi connectivity index (χ4v) is 3.55. The van der Waals surface area contributed by atoms with Gasteiger partial charge in [-0.1, -0.05) is 6.07 Å². The van der Waals surface area contributed by atoms with E-state index in [0.29, 0.717) is 24.0 Å². The van der Waals surface area contributed by atoms with E-state index in [2.05, 4.69) is 9.97 Å². The number of aromatic amines is 1. The summed E-state index contributed by atoms with van der Waals surface area (Å²) in [5, 5.41) is 19.4. The summed E-state index contributed by atoms with van der Waals surface area (Å²) in [5.41, 5.74) is 5.91. The lowest BCUT2D eigenvalue weighted by Crippen LogP contribution is -2.63. The minimum Gasteiger partial charge on any atom is -0.535 e. The second-order valence-corrected chi connectivity index (χ2v) is 7.45. The Labute approximate surface area is 167 Å². The lowest BCUT2D eigenvalue weighted by atomic mass is 9.74. The monoisotopic (exact) mass is 398 g/mol. The number of aromatic nitrogens is 2. The summed E-state index contributed by atoms with van der Waals surface area (Å²) in [6.45, 7) is 0.547. The Morgan fingerprint density at radius 3 is 2.86 bits per heavy atom. The largest absolute Gasteiger partial charge is 0.535 e. The molecular formula is C17H20B2N4O6. The van der Waals surface area contributed by atoms with Crippen molar-refractivity contribution >= 4 is 26.8 Å². The number of nitrogens with one attached hydrogen (secondary N) is 1. The molecule has 4 rings (SSSR count). The number of nitrogens with zero attached hydrogens (tertiary/aromatic N) is 2. The Morgan fingerprint density at radius 1 is 1.45 bits per heavy atom. The number of fused-ring (bicyclic) bond motifs is 1. The van der Waals surface area contributed by atoms with Crippen LogP contribution in [0.25, 0.3) is 0 Å². The lowest BCUT2D eigenvalue weighted by Gasteiger charge is -2.42. The number of aryl methyl sites for hydroxylation is 1. The van der Waals surface area contributed by atoms with Gasteiger partial charge in [0, 0.05) is 6.20 Å². The lowest BCUT2D eigenvalue weighted by molar-refractivity contribution is -0.143. The van der Waals surface area contributed by atoms with Crippen molar-refractivity contribution in [3.05, 3.63) is 41.5 Å². The molecule has 0 spiro atoms. The first-order valence-electron chi connectivity index (χ1n) is 9.25. The van der Waals surface area contributed by atoms with Crippen LogP contribution in [0.5, 0.6) is 11.5 Å². The van der Waals surface area contributed by atoms with Gasteiger partial charge in [0.25, 0.3) is 0 Å². The molecule has 1 aromatic heterocycles. The highest BCUT2D eigenvalue weighted by Crippen LogP contribution is 2.37. The van der Waals surface area contributed by atoms with Crippen molar-refractivity contribution in [3.8, 4) is 11.5 Å². The molecular weight excluding hydrogens is 378 g/mol. The molecule has 0 saturated carbocycles. The summed E-state index contributed by atoms with van der Waals surface area (Å²) in [6, 6.07) is 3.32. The van der Waals surface area contributed by atoms with Gasteiger partial charge in [-0.2, -0.15) is 0 Å². The smallest absolute Gasteiger partial charge is 0.522 e. The first-order chi connectivity index (χ1) is 13.8. The fraction of sp³-hybridized carbons (Fsp3) is 0.353. The maximum absolute atomic E-state index is 12.7. The highest BCUT2D eigenvalue weighted by Gasteiger charge is 2.42. The minimum atomic E-state index is -1.27. The Kier molecular flexibility index (Phi) is 4.75. The van der Waals surface area contributed by atoms with Gasteiger partial charge in [0.2, 0.25) is 5.91 Å². The number of carboxylic acid groups (broad SMARTS) is 1. The molecule has 2 aliphatic heterocycles. The quantitative estimate of drug-likeness (QED) is 0.447. The van der Waals surface area contributed by atoms with Crippen LogP contribution >= 0.6 is 0 Å². The molecule has 29 heavy (non-hydrogen) atoms. The molecule has 1 saturated heterocycles. The Hall–Kier alpha value is -2.98. The number of H-pyrrole nitrogens is 1. The normalized spacial score (nSPS) is 18.3. The third-order valence-electron chi connectivity index (χ3n) is 5.23. The number of rotatable bonds is 5. The molecule has 150 valence electrons.